The van der Waals surface area contributed by atoms with Crippen LogP contribution in [0.25, 0.3) is 5.52 Å². The van der Waals surface area contributed by atoms with Gasteiger partial charge in [0, 0.05) is 32.0 Å². The molecule has 4 heterocycles. The highest BCUT2D eigenvalue weighted by Gasteiger charge is 2.33. The van der Waals surface area contributed by atoms with Crippen molar-refractivity contribution in [1.82, 2.24) is 14.3 Å². The Bertz CT molecular complexity index is 1070. The highest BCUT2D eigenvalue weighted by Crippen LogP contribution is 2.29. The number of carboxylic acids is 1. The number of pyridine rings is 3. The van der Waals surface area contributed by atoms with Gasteiger partial charge in [0.25, 0.3) is 5.56 Å². The molecule has 0 saturated carbocycles. The summed E-state index contributed by atoms with van der Waals surface area (Å²) in [5.41, 5.74) is 7.88. The molecule has 0 atom stereocenters. The molecule has 28 heavy (non-hydrogen) atoms. The second kappa shape index (κ2) is 7.18. The fourth-order valence-corrected chi connectivity index (χ4v) is 3.87. The second-order valence-corrected chi connectivity index (χ2v) is 7.30. The van der Waals surface area contributed by atoms with Gasteiger partial charge in [-0.25, -0.2) is 4.79 Å². The highest BCUT2D eigenvalue weighted by molar-refractivity contribution is 5.88. The Morgan fingerprint density at radius 2 is 1.93 bits per heavy atom. The van der Waals surface area contributed by atoms with Crippen molar-refractivity contribution < 1.29 is 9.90 Å². The van der Waals surface area contributed by atoms with Gasteiger partial charge in [-0.1, -0.05) is 12.1 Å². The Morgan fingerprint density at radius 3 is 2.61 bits per heavy atom. The molecule has 7 nitrogen and oxygen atoms in total. The summed E-state index contributed by atoms with van der Waals surface area (Å²) >= 11 is 0. The van der Waals surface area contributed by atoms with Gasteiger partial charge in [0.2, 0.25) is 0 Å². The number of nitrogens with zero attached hydrogens (tertiary/aromatic N) is 3. The first kappa shape index (κ1) is 18.3. The van der Waals surface area contributed by atoms with E-state index >= 15 is 0 Å². The van der Waals surface area contributed by atoms with Gasteiger partial charge >= 0.3 is 5.97 Å². The lowest BCUT2D eigenvalue weighted by Crippen LogP contribution is -2.48. The first-order valence-electron chi connectivity index (χ1n) is 9.27. The van der Waals surface area contributed by atoms with Gasteiger partial charge in [0.05, 0.1) is 16.7 Å². The van der Waals surface area contributed by atoms with Crippen molar-refractivity contribution in [2.45, 2.75) is 24.9 Å². The van der Waals surface area contributed by atoms with Crippen molar-refractivity contribution in [3.05, 3.63) is 82.0 Å². The molecule has 0 spiro atoms. The highest BCUT2D eigenvalue weighted by atomic mass is 16.4. The largest absolute Gasteiger partial charge is 0.477 e. The van der Waals surface area contributed by atoms with Crippen molar-refractivity contribution in [3.8, 4) is 0 Å². The minimum Gasteiger partial charge on any atom is -0.477 e. The molecule has 3 aromatic heterocycles. The molecule has 0 amide bonds. The van der Waals surface area contributed by atoms with Crippen LogP contribution in [0.2, 0.25) is 0 Å². The van der Waals surface area contributed by atoms with Crippen LogP contribution >= 0.6 is 0 Å². The minimum absolute atomic E-state index is 0.211. The SMILES string of the molecule is NC1(c2ccccn2)CCN(Cc2cc(C(=O)O)c(=O)n3ccccc23)CC1. The number of likely N-dealkylation sites (tertiary alicyclic amines) is 1. The molecule has 3 N–H and O–H groups in total. The van der Waals surface area contributed by atoms with Crippen molar-refractivity contribution >= 4 is 11.5 Å². The van der Waals surface area contributed by atoms with Crippen LogP contribution in [0, 0.1) is 0 Å². The van der Waals surface area contributed by atoms with E-state index in [-0.39, 0.29) is 5.56 Å². The van der Waals surface area contributed by atoms with Crippen LogP contribution in [0.5, 0.6) is 0 Å². The summed E-state index contributed by atoms with van der Waals surface area (Å²) < 4.78 is 1.41. The number of piperidine rings is 1. The summed E-state index contributed by atoms with van der Waals surface area (Å²) in [5.74, 6) is -1.21. The number of fused-ring (bicyclic) bond motifs is 1. The number of hydrogen-bond acceptors (Lipinski definition) is 5. The summed E-state index contributed by atoms with van der Waals surface area (Å²) in [5, 5.41) is 9.40. The number of rotatable bonds is 4. The molecule has 0 radical (unpaired) electrons. The van der Waals surface area contributed by atoms with Gasteiger partial charge in [0.15, 0.2) is 0 Å². The van der Waals surface area contributed by atoms with Crippen LogP contribution in [0.4, 0.5) is 0 Å². The minimum atomic E-state index is -1.21. The molecule has 7 heteroatoms. The Kier molecular flexibility index (Phi) is 4.70. The van der Waals surface area contributed by atoms with Gasteiger partial charge < -0.3 is 10.8 Å². The number of carboxylic acid groups (broad SMARTS) is 1. The van der Waals surface area contributed by atoms with Crippen molar-refractivity contribution in [1.29, 1.82) is 0 Å². The van der Waals surface area contributed by atoms with E-state index in [1.165, 1.54) is 10.5 Å². The van der Waals surface area contributed by atoms with E-state index in [9.17, 15) is 14.7 Å². The number of aromatic carboxylic acids is 1. The number of carbonyl (C=O) groups is 1. The molecule has 1 aliphatic heterocycles. The molecule has 0 aliphatic carbocycles. The van der Waals surface area contributed by atoms with E-state index in [0.29, 0.717) is 6.54 Å². The van der Waals surface area contributed by atoms with E-state index in [4.69, 9.17) is 5.73 Å². The number of hydrogen-bond donors (Lipinski definition) is 2. The van der Waals surface area contributed by atoms with Crippen molar-refractivity contribution in [3.63, 3.8) is 0 Å². The first-order valence-corrected chi connectivity index (χ1v) is 9.27. The lowest BCUT2D eigenvalue weighted by Gasteiger charge is -2.39. The standard InChI is InChI=1S/C21H22N4O3/c22-21(18-6-1-3-9-23-18)7-11-24(12-8-21)14-15-13-16(20(27)28)19(26)25-10-4-2-5-17(15)25/h1-6,9-10,13H,7-8,11-12,14,22H2,(H,27,28). The zero-order valence-electron chi connectivity index (χ0n) is 15.4. The lowest BCUT2D eigenvalue weighted by molar-refractivity contribution is 0.0694. The predicted molar refractivity (Wildman–Crippen MR) is 105 cm³/mol. The molecular weight excluding hydrogens is 356 g/mol. The fraction of sp³-hybridized carbons (Fsp3) is 0.286. The Balaban J connectivity index is 1.59. The molecule has 0 bridgehead atoms. The maximum absolute atomic E-state index is 12.4. The summed E-state index contributed by atoms with van der Waals surface area (Å²) in [6.07, 6.45) is 4.90. The van der Waals surface area contributed by atoms with Crippen LogP contribution < -0.4 is 11.3 Å². The number of nitrogens with two attached hydrogens (primary N) is 1. The predicted octanol–water partition coefficient (Wildman–Crippen LogP) is 1.84. The molecule has 144 valence electrons. The van der Waals surface area contributed by atoms with Gasteiger partial charge in [-0.15, -0.1) is 0 Å². The molecule has 4 rings (SSSR count). The Morgan fingerprint density at radius 1 is 1.18 bits per heavy atom. The Labute approximate surface area is 162 Å². The zero-order chi connectivity index (χ0) is 19.7. The smallest absolute Gasteiger partial charge is 0.341 e. The third-order valence-corrected chi connectivity index (χ3v) is 5.50. The van der Waals surface area contributed by atoms with Crippen molar-refractivity contribution in [2.24, 2.45) is 5.73 Å². The average molecular weight is 378 g/mol. The van der Waals surface area contributed by atoms with Gasteiger partial charge in [-0.3, -0.25) is 19.1 Å². The lowest BCUT2D eigenvalue weighted by atomic mass is 9.85. The molecule has 1 saturated heterocycles. The molecule has 1 fully saturated rings. The van der Waals surface area contributed by atoms with E-state index < -0.39 is 17.1 Å². The molecule has 3 aromatic rings. The van der Waals surface area contributed by atoms with Gasteiger partial charge in [-0.2, -0.15) is 0 Å². The second-order valence-electron chi connectivity index (χ2n) is 7.30. The summed E-state index contributed by atoms with van der Waals surface area (Å²) in [6, 6.07) is 12.7. The summed E-state index contributed by atoms with van der Waals surface area (Å²) in [7, 11) is 0. The third kappa shape index (κ3) is 3.30. The monoisotopic (exact) mass is 378 g/mol. The Hall–Kier alpha value is -3.03. The van der Waals surface area contributed by atoms with Crippen LogP contribution in [0.1, 0.15) is 34.5 Å². The van der Waals surface area contributed by atoms with Crippen LogP contribution in [0.3, 0.4) is 0 Å². The van der Waals surface area contributed by atoms with Crippen molar-refractivity contribution in [2.75, 3.05) is 13.1 Å². The number of aromatic nitrogens is 2. The third-order valence-electron chi connectivity index (χ3n) is 5.50. The van der Waals surface area contributed by atoms with Crippen LogP contribution in [0.15, 0.2) is 59.7 Å². The average Bonchev–Trinajstić information content (AvgIpc) is 2.72. The molecule has 1 aliphatic rings. The quantitative estimate of drug-likeness (QED) is 0.718. The normalized spacial score (nSPS) is 16.9. The fourth-order valence-electron chi connectivity index (χ4n) is 3.87. The van der Waals surface area contributed by atoms with E-state index in [1.54, 1.807) is 18.5 Å². The van der Waals surface area contributed by atoms with E-state index in [0.717, 1.165) is 42.7 Å². The molecular formula is C21H22N4O3. The molecule has 0 aromatic carbocycles. The maximum Gasteiger partial charge on any atom is 0.341 e. The topological polar surface area (TPSA) is 101 Å². The summed E-state index contributed by atoms with van der Waals surface area (Å²) in [4.78, 5) is 30.6. The van der Waals surface area contributed by atoms with Crippen LogP contribution in [-0.2, 0) is 12.1 Å². The van der Waals surface area contributed by atoms with E-state index in [2.05, 4.69) is 9.88 Å². The van der Waals surface area contributed by atoms with Gasteiger partial charge in [-0.05, 0) is 48.7 Å². The van der Waals surface area contributed by atoms with Crippen LogP contribution in [-0.4, -0.2) is 38.4 Å². The zero-order valence-corrected chi connectivity index (χ0v) is 15.4. The summed E-state index contributed by atoms with van der Waals surface area (Å²) in [6.45, 7) is 2.10. The first-order chi connectivity index (χ1) is 13.5. The molecule has 0 unspecified atom stereocenters. The maximum atomic E-state index is 12.4. The van der Waals surface area contributed by atoms with Gasteiger partial charge in [0.1, 0.15) is 5.56 Å². The van der Waals surface area contributed by atoms with E-state index in [1.807, 2.05) is 30.3 Å².